The van der Waals surface area contributed by atoms with Crippen LogP contribution < -0.4 is 4.74 Å². The quantitative estimate of drug-likeness (QED) is 0.317. The molecule has 3 aromatic carbocycles. The van der Waals surface area contributed by atoms with Crippen LogP contribution in [0, 0.1) is 5.92 Å². The lowest BCUT2D eigenvalue weighted by atomic mass is 9.86. The van der Waals surface area contributed by atoms with Crippen molar-refractivity contribution in [1.29, 1.82) is 0 Å². The van der Waals surface area contributed by atoms with E-state index in [0.29, 0.717) is 29.5 Å². The Labute approximate surface area is 230 Å². The molecule has 3 aromatic rings. The van der Waals surface area contributed by atoms with Crippen LogP contribution in [0.3, 0.4) is 0 Å². The first-order valence-corrected chi connectivity index (χ1v) is 13.6. The fourth-order valence-electron chi connectivity index (χ4n) is 5.06. The highest BCUT2D eigenvalue weighted by molar-refractivity contribution is 6.30. The highest BCUT2D eigenvalue weighted by Gasteiger charge is 2.32. The molecule has 0 spiro atoms. The van der Waals surface area contributed by atoms with Crippen molar-refractivity contribution in [2.24, 2.45) is 5.92 Å². The van der Waals surface area contributed by atoms with E-state index in [1.54, 1.807) is 18.2 Å². The van der Waals surface area contributed by atoms with Gasteiger partial charge in [-0.15, -0.1) is 0 Å². The van der Waals surface area contributed by atoms with Crippen molar-refractivity contribution in [2.45, 2.75) is 58.5 Å². The molecule has 1 N–H and O–H groups in total. The van der Waals surface area contributed by atoms with Gasteiger partial charge in [-0.2, -0.15) is 0 Å². The average Bonchev–Trinajstić information content (AvgIpc) is 2.87. The number of carbonyl (C=O) groups excluding carboxylic acids is 1. The normalized spacial score (nSPS) is 16.6. The molecule has 0 aromatic heterocycles. The van der Waals surface area contributed by atoms with Crippen LogP contribution in [0.1, 0.15) is 59.8 Å². The molecule has 0 radical (unpaired) electrons. The zero-order chi connectivity index (χ0) is 27.3. The molecule has 1 unspecified atom stereocenters. The maximum atomic E-state index is 13.3. The summed E-state index contributed by atoms with van der Waals surface area (Å²) in [6, 6.07) is 21.6. The van der Waals surface area contributed by atoms with Gasteiger partial charge in [-0.3, -0.25) is 9.59 Å². The summed E-state index contributed by atoms with van der Waals surface area (Å²) < 4.78 is 6.46. The van der Waals surface area contributed by atoms with E-state index in [0.717, 1.165) is 42.6 Å². The number of amides is 1. The summed E-state index contributed by atoms with van der Waals surface area (Å²) in [4.78, 5) is 26.2. The maximum Gasteiger partial charge on any atom is 0.323 e. The number of aliphatic carboxylic acids is 1. The van der Waals surface area contributed by atoms with E-state index in [4.69, 9.17) is 16.3 Å². The van der Waals surface area contributed by atoms with E-state index in [-0.39, 0.29) is 18.1 Å². The van der Waals surface area contributed by atoms with Crippen LogP contribution in [0.25, 0.3) is 0 Å². The number of fused-ring (bicyclic) bond motifs is 1. The smallest absolute Gasteiger partial charge is 0.323 e. The van der Waals surface area contributed by atoms with Gasteiger partial charge in [0.2, 0.25) is 0 Å². The van der Waals surface area contributed by atoms with Crippen LogP contribution in [-0.4, -0.2) is 40.6 Å². The fraction of sp³-hybridized carbons (Fsp3) is 0.375. The molecule has 1 aliphatic heterocycles. The number of rotatable bonds is 10. The van der Waals surface area contributed by atoms with Gasteiger partial charge < -0.3 is 14.7 Å². The van der Waals surface area contributed by atoms with E-state index in [2.05, 4.69) is 45.0 Å². The summed E-state index contributed by atoms with van der Waals surface area (Å²) in [6.07, 6.45) is 4.06. The molecule has 0 saturated heterocycles. The lowest BCUT2D eigenvalue weighted by Gasteiger charge is -2.36. The predicted molar refractivity (Wildman–Crippen MR) is 151 cm³/mol. The Balaban J connectivity index is 1.43. The topological polar surface area (TPSA) is 66.8 Å². The molecule has 5 nitrogen and oxygen atoms in total. The SMILES string of the molecule is CC(C)Cc1ccc(CC2(C)CCc3cc(C(=O)N(CCc4ccc(Cl)cc4)CC(=O)O)ccc3O2)cc1. The van der Waals surface area contributed by atoms with Gasteiger partial charge in [-0.25, -0.2) is 0 Å². The lowest BCUT2D eigenvalue weighted by Crippen LogP contribution is -2.39. The summed E-state index contributed by atoms with van der Waals surface area (Å²) in [5.41, 5.74) is 4.73. The van der Waals surface area contributed by atoms with Crippen molar-refractivity contribution in [3.05, 3.63) is 99.6 Å². The van der Waals surface area contributed by atoms with Crippen LogP contribution in [0.2, 0.25) is 5.02 Å². The second-order valence-corrected chi connectivity index (χ2v) is 11.4. The summed E-state index contributed by atoms with van der Waals surface area (Å²) in [5, 5.41) is 10.0. The summed E-state index contributed by atoms with van der Waals surface area (Å²) >= 11 is 5.96. The Hall–Kier alpha value is -3.31. The number of ether oxygens (including phenoxy) is 1. The van der Waals surface area contributed by atoms with E-state index in [1.165, 1.54) is 16.0 Å². The number of carboxylic acid groups (broad SMARTS) is 1. The Morgan fingerprint density at radius 2 is 1.66 bits per heavy atom. The van der Waals surface area contributed by atoms with Crippen molar-refractivity contribution in [2.75, 3.05) is 13.1 Å². The van der Waals surface area contributed by atoms with Crippen molar-refractivity contribution in [3.63, 3.8) is 0 Å². The van der Waals surface area contributed by atoms with Crippen molar-refractivity contribution in [3.8, 4) is 5.75 Å². The van der Waals surface area contributed by atoms with Crippen LogP contribution in [-0.2, 0) is 30.5 Å². The molecular weight excluding hydrogens is 498 g/mol. The summed E-state index contributed by atoms with van der Waals surface area (Å²) in [7, 11) is 0. The van der Waals surface area contributed by atoms with Gasteiger partial charge in [0.1, 0.15) is 17.9 Å². The number of hydrogen-bond donors (Lipinski definition) is 1. The molecule has 0 bridgehead atoms. The number of benzene rings is 3. The fourth-order valence-corrected chi connectivity index (χ4v) is 5.18. The monoisotopic (exact) mass is 533 g/mol. The minimum Gasteiger partial charge on any atom is -0.487 e. The number of hydrogen-bond acceptors (Lipinski definition) is 3. The first-order chi connectivity index (χ1) is 18.1. The van der Waals surface area contributed by atoms with Crippen molar-refractivity contribution in [1.82, 2.24) is 4.90 Å². The molecule has 1 amide bonds. The Morgan fingerprint density at radius 1 is 1.00 bits per heavy atom. The second kappa shape index (κ2) is 12.0. The van der Waals surface area contributed by atoms with Crippen molar-refractivity contribution < 1.29 is 19.4 Å². The summed E-state index contributed by atoms with van der Waals surface area (Å²) in [5.74, 6) is 0.0911. The van der Waals surface area contributed by atoms with Crippen LogP contribution in [0.5, 0.6) is 5.75 Å². The van der Waals surface area contributed by atoms with Crippen LogP contribution >= 0.6 is 11.6 Å². The number of halogens is 1. The standard InChI is InChI=1S/C32H36ClNO4/c1-22(2)18-24-4-6-25(7-5-24)20-32(3)16-14-26-19-27(10-13-29(26)38-32)31(37)34(21-30(35)36)17-15-23-8-11-28(33)12-9-23/h4-13,19,22H,14-18,20-21H2,1-3H3,(H,35,36). The third kappa shape index (κ3) is 7.38. The number of carbonyl (C=O) groups is 2. The minimum atomic E-state index is -1.04. The molecule has 0 fully saturated rings. The van der Waals surface area contributed by atoms with E-state index in [1.807, 2.05) is 24.3 Å². The highest BCUT2D eigenvalue weighted by atomic mass is 35.5. The first kappa shape index (κ1) is 27.7. The molecule has 0 aliphatic carbocycles. The molecular formula is C32H36ClNO4. The third-order valence-corrected chi connectivity index (χ3v) is 7.28. The summed E-state index contributed by atoms with van der Waals surface area (Å²) in [6.45, 7) is 6.55. The number of carboxylic acids is 1. The van der Waals surface area contributed by atoms with Gasteiger partial charge in [-0.05, 0) is 91.1 Å². The highest BCUT2D eigenvalue weighted by Crippen LogP contribution is 2.36. The van der Waals surface area contributed by atoms with Crippen LogP contribution in [0.4, 0.5) is 0 Å². The lowest BCUT2D eigenvalue weighted by molar-refractivity contribution is -0.137. The van der Waals surface area contributed by atoms with Gasteiger partial charge in [0.25, 0.3) is 5.91 Å². The zero-order valence-corrected chi connectivity index (χ0v) is 23.1. The average molecular weight is 534 g/mol. The van der Waals surface area contributed by atoms with Gasteiger partial charge in [0.05, 0.1) is 0 Å². The Kier molecular flexibility index (Phi) is 8.78. The largest absolute Gasteiger partial charge is 0.487 e. The zero-order valence-electron chi connectivity index (χ0n) is 22.4. The third-order valence-electron chi connectivity index (χ3n) is 7.03. The van der Waals surface area contributed by atoms with Crippen LogP contribution in [0.15, 0.2) is 66.7 Å². The number of aryl methyl sites for hydroxylation is 1. The molecule has 1 heterocycles. The Bertz CT molecular complexity index is 1270. The molecule has 6 heteroatoms. The van der Waals surface area contributed by atoms with Crippen molar-refractivity contribution >= 4 is 23.5 Å². The minimum absolute atomic E-state index is 0.293. The van der Waals surface area contributed by atoms with E-state index >= 15 is 0 Å². The molecule has 0 saturated carbocycles. The molecule has 1 atom stereocenters. The predicted octanol–water partition coefficient (Wildman–Crippen LogP) is 6.63. The maximum absolute atomic E-state index is 13.3. The molecule has 1 aliphatic rings. The van der Waals surface area contributed by atoms with Gasteiger partial charge in [-0.1, -0.05) is 61.8 Å². The molecule has 200 valence electrons. The first-order valence-electron chi connectivity index (χ1n) is 13.3. The van der Waals surface area contributed by atoms with Gasteiger partial charge in [0.15, 0.2) is 0 Å². The molecule has 38 heavy (non-hydrogen) atoms. The second-order valence-electron chi connectivity index (χ2n) is 11.0. The van der Waals surface area contributed by atoms with Gasteiger partial charge in [0, 0.05) is 23.6 Å². The van der Waals surface area contributed by atoms with E-state index < -0.39 is 5.97 Å². The van der Waals surface area contributed by atoms with Gasteiger partial charge >= 0.3 is 5.97 Å². The number of nitrogens with zero attached hydrogens (tertiary/aromatic N) is 1. The Morgan fingerprint density at radius 3 is 2.32 bits per heavy atom. The van der Waals surface area contributed by atoms with E-state index in [9.17, 15) is 14.7 Å². The molecule has 4 rings (SSSR count).